The molecule has 0 atom stereocenters. The van der Waals surface area contributed by atoms with Crippen LogP contribution in [0.15, 0.2) is 18.2 Å². The summed E-state index contributed by atoms with van der Waals surface area (Å²) >= 11 is 0. The van der Waals surface area contributed by atoms with Gasteiger partial charge in [0.15, 0.2) is 11.5 Å². The zero-order valence-corrected chi connectivity index (χ0v) is 8.82. The lowest BCUT2D eigenvalue weighted by Crippen LogP contribution is -2.19. The molecule has 7 heteroatoms. The Labute approximate surface area is 87.5 Å². The van der Waals surface area contributed by atoms with Crippen LogP contribution in [-0.2, 0) is 10.3 Å². The average Bonchev–Trinajstić information content (AvgIpc) is 2.10. The van der Waals surface area contributed by atoms with Crippen LogP contribution in [0.4, 0.5) is 0 Å². The van der Waals surface area contributed by atoms with Crippen LogP contribution in [-0.4, -0.2) is 20.1 Å². The Morgan fingerprint density at radius 1 is 1.40 bits per heavy atom. The third-order valence-electron chi connectivity index (χ3n) is 1.47. The largest absolute Gasteiger partial charge is 0.502 e. The monoisotopic (exact) mass is 233 g/mol. The number of hydrogen-bond acceptors (Lipinski definition) is 5. The Kier molecular flexibility index (Phi) is 3.38. The highest BCUT2D eigenvalue weighted by Crippen LogP contribution is 2.35. The lowest BCUT2D eigenvalue weighted by molar-refractivity contribution is 0.313. The molecule has 3 N–H and O–H groups in total. The van der Waals surface area contributed by atoms with Gasteiger partial charge < -0.3 is 14.0 Å². The fraction of sp³-hybridized carbons (Fsp3) is 0.250. The van der Waals surface area contributed by atoms with Crippen LogP contribution >= 0.6 is 0 Å². The van der Waals surface area contributed by atoms with Crippen molar-refractivity contribution in [2.24, 2.45) is 5.14 Å². The quantitative estimate of drug-likeness (QED) is 0.782. The third-order valence-corrected chi connectivity index (χ3v) is 1.88. The molecule has 0 fully saturated rings. The molecule has 0 aromatic heterocycles. The summed E-state index contributed by atoms with van der Waals surface area (Å²) < 4.78 is 30.6. The second-order valence-corrected chi connectivity index (χ2v) is 3.76. The summed E-state index contributed by atoms with van der Waals surface area (Å²) in [6.45, 7) is 2.07. The maximum atomic E-state index is 10.6. The molecule has 0 radical (unpaired) electrons. The number of para-hydroxylation sites is 1. The molecule has 0 amide bonds. The van der Waals surface area contributed by atoms with Gasteiger partial charge in [-0.1, -0.05) is 6.07 Å². The molecule has 0 unspecified atom stereocenters. The van der Waals surface area contributed by atoms with Crippen LogP contribution in [0, 0.1) is 0 Å². The molecule has 0 aliphatic heterocycles. The van der Waals surface area contributed by atoms with E-state index in [2.05, 4.69) is 9.32 Å². The fourth-order valence-electron chi connectivity index (χ4n) is 0.967. The van der Waals surface area contributed by atoms with E-state index in [1.165, 1.54) is 18.2 Å². The van der Waals surface area contributed by atoms with Crippen molar-refractivity contribution in [2.45, 2.75) is 6.92 Å². The molecule has 1 rings (SSSR count). The summed E-state index contributed by atoms with van der Waals surface area (Å²) in [7, 11) is -4.15. The van der Waals surface area contributed by atoms with Crippen LogP contribution < -0.4 is 14.1 Å². The Morgan fingerprint density at radius 3 is 2.53 bits per heavy atom. The van der Waals surface area contributed by atoms with Gasteiger partial charge in [0.25, 0.3) is 0 Å². The molecule has 6 nitrogen and oxygen atoms in total. The van der Waals surface area contributed by atoms with E-state index in [0.717, 1.165) is 0 Å². The number of phenolic OH excluding ortho intramolecular Hbond substituents is 1. The molecule has 0 spiro atoms. The van der Waals surface area contributed by atoms with Crippen molar-refractivity contribution in [3.8, 4) is 17.2 Å². The lowest BCUT2D eigenvalue weighted by Gasteiger charge is -2.09. The number of aromatic hydroxyl groups is 1. The molecule has 0 heterocycles. The van der Waals surface area contributed by atoms with E-state index < -0.39 is 16.1 Å². The van der Waals surface area contributed by atoms with Gasteiger partial charge in [0.05, 0.1) is 6.61 Å². The Bertz CT molecular complexity index is 442. The van der Waals surface area contributed by atoms with Gasteiger partial charge >= 0.3 is 10.3 Å². The first-order valence-electron chi connectivity index (χ1n) is 4.11. The van der Waals surface area contributed by atoms with Crippen molar-refractivity contribution in [3.05, 3.63) is 18.2 Å². The van der Waals surface area contributed by atoms with Gasteiger partial charge in [-0.3, -0.25) is 0 Å². The molecule has 1 aromatic carbocycles. The Balaban J connectivity index is 3.04. The van der Waals surface area contributed by atoms with E-state index in [-0.39, 0.29) is 11.5 Å². The number of phenols is 1. The first kappa shape index (κ1) is 11.6. The van der Waals surface area contributed by atoms with Gasteiger partial charge in [-0.15, -0.1) is 0 Å². The highest BCUT2D eigenvalue weighted by atomic mass is 32.2. The van der Waals surface area contributed by atoms with Crippen LogP contribution in [0.5, 0.6) is 17.2 Å². The summed E-state index contributed by atoms with van der Waals surface area (Å²) in [6, 6.07) is 4.22. The summed E-state index contributed by atoms with van der Waals surface area (Å²) in [4.78, 5) is 0. The van der Waals surface area contributed by atoms with Crippen molar-refractivity contribution in [1.82, 2.24) is 0 Å². The van der Waals surface area contributed by atoms with Crippen LogP contribution in [0.25, 0.3) is 0 Å². The van der Waals surface area contributed by atoms with E-state index in [4.69, 9.17) is 4.74 Å². The van der Waals surface area contributed by atoms with Gasteiger partial charge in [0.1, 0.15) is 0 Å². The van der Waals surface area contributed by atoms with Gasteiger partial charge in [0, 0.05) is 0 Å². The SMILES string of the molecule is CCOc1cccc(OS(N)(=O)=O)c1O. The van der Waals surface area contributed by atoms with Gasteiger partial charge in [-0.05, 0) is 19.1 Å². The summed E-state index contributed by atoms with van der Waals surface area (Å²) in [6.07, 6.45) is 0. The molecule has 1 aromatic rings. The standard InChI is InChI=1S/C8H11NO5S/c1-2-13-6-4-3-5-7(8(6)10)14-15(9,11)12/h3-5,10H,2H2,1H3,(H2,9,11,12). The van der Waals surface area contributed by atoms with Gasteiger partial charge in [-0.25, -0.2) is 0 Å². The number of rotatable bonds is 4. The van der Waals surface area contributed by atoms with Crippen molar-refractivity contribution >= 4 is 10.3 Å². The summed E-state index contributed by atoms with van der Waals surface area (Å²) in [5, 5.41) is 14.2. The topological polar surface area (TPSA) is 98.9 Å². The number of benzene rings is 1. The highest BCUT2D eigenvalue weighted by molar-refractivity contribution is 7.84. The predicted molar refractivity (Wildman–Crippen MR) is 53.0 cm³/mol. The van der Waals surface area contributed by atoms with E-state index in [9.17, 15) is 13.5 Å². The molecular weight excluding hydrogens is 222 g/mol. The Hall–Kier alpha value is -1.47. The van der Waals surface area contributed by atoms with E-state index in [0.29, 0.717) is 6.61 Å². The zero-order chi connectivity index (χ0) is 11.5. The van der Waals surface area contributed by atoms with E-state index in [1.54, 1.807) is 6.92 Å². The minimum atomic E-state index is -4.15. The van der Waals surface area contributed by atoms with Gasteiger partial charge in [0.2, 0.25) is 5.75 Å². The molecule has 0 bridgehead atoms. The normalized spacial score (nSPS) is 11.1. The van der Waals surface area contributed by atoms with E-state index in [1.807, 2.05) is 0 Å². The second-order valence-electron chi connectivity index (χ2n) is 2.61. The predicted octanol–water partition coefficient (Wildman–Crippen LogP) is 0.373. The first-order valence-corrected chi connectivity index (χ1v) is 5.58. The number of nitrogens with two attached hydrogens (primary N) is 1. The number of ether oxygens (including phenoxy) is 1. The van der Waals surface area contributed by atoms with Crippen molar-refractivity contribution < 1.29 is 22.4 Å². The molecule has 15 heavy (non-hydrogen) atoms. The lowest BCUT2D eigenvalue weighted by atomic mass is 10.3. The molecule has 0 aliphatic carbocycles. The van der Waals surface area contributed by atoms with Crippen molar-refractivity contribution in [2.75, 3.05) is 6.61 Å². The van der Waals surface area contributed by atoms with Crippen LogP contribution in [0.2, 0.25) is 0 Å². The van der Waals surface area contributed by atoms with E-state index >= 15 is 0 Å². The van der Waals surface area contributed by atoms with Crippen LogP contribution in [0.3, 0.4) is 0 Å². The Morgan fingerprint density at radius 2 is 2.00 bits per heavy atom. The maximum absolute atomic E-state index is 10.6. The number of hydrogen-bond donors (Lipinski definition) is 2. The minimum Gasteiger partial charge on any atom is -0.502 e. The zero-order valence-electron chi connectivity index (χ0n) is 8.00. The van der Waals surface area contributed by atoms with Crippen molar-refractivity contribution in [1.29, 1.82) is 0 Å². The summed E-state index contributed by atoms with van der Waals surface area (Å²) in [5.74, 6) is -0.518. The van der Waals surface area contributed by atoms with Crippen molar-refractivity contribution in [3.63, 3.8) is 0 Å². The first-order chi connectivity index (χ1) is 6.94. The summed E-state index contributed by atoms with van der Waals surface area (Å²) in [5.41, 5.74) is 0. The second kappa shape index (κ2) is 4.37. The smallest absolute Gasteiger partial charge is 0.380 e. The van der Waals surface area contributed by atoms with Gasteiger partial charge in [-0.2, -0.15) is 13.6 Å². The molecule has 84 valence electrons. The molecule has 0 aliphatic rings. The maximum Gasteiger partial charge on any atom is 0.380 e. The molecular formula is C8H11NO5S. The molecule has 0 saturated carbocycles. The highest BCUT2D eigenvalue weighted by Gasteiger charge is 2.13. The third kappa shape index (κ3) is 3.30. The average molecular weight is 233 g/mol. The molecule has 0 saturated heterocycles. The fourth-order valence-corrected chi connectivity index (χ4v) is 1.35. The minimum absolute atomic E-state index is 0.138. The van der Waals surface area contributed by atoms with Crippen LogP contribution in [0.1, 0.15) is 6.92 Å².